The van der Waals surface area contributed by atoms with Crippen molar-refractivity contribution < 1.29 is 15.0 Å². The van der Waals surface area contributed by atoms with Gasteiger partial charge in [0.15, 0.2) is 5.60 Å². The van der Waals surface area contributed by atoms with E-state index in [9.17, 15) is 9.90 Å². The predicted octanol–water partition coefficient (Wildman–Crippen LogP) is -0.0822. The molecule has 1 saturated heterocycles. The van der Waals surface area contributed by atoms with Gasteiger partial charge in [-0.3, -0.25) is 4.90 Å². The molecule has 0 spiro atoms. The number of rotatable bonds is 4. The summed E-state index contributed by atoms with van der Waals surface area (Å²) in [7, 11) is 0. The van der Waals surface area contributed by atoms with Crippen molar-refractivity contribution in [1.29, 1.82) is 0 Å². The summed E-state index contributed by atoms with van der Waals surface area (Å²) in [6.07, 6.45) is 2.16. The molecule has 4 heteroatoms. The number of carboxylic acid groups (broad SMARTS) is 1. The van der Waals surface area contributed by atoms with Crippen LogP contribution in [-0.2, 0) is 4.79 Å². The minimum atomic E-state index is -1.46. The largest absolute Gasteiger partial charge is 0.479 e. The second kappa shape index (κ2) is 3.41. The lowest BCUT2D eigenvalue weighted by molar-refractivity contribution is -0.177. The Morgan fingerprint density at radius 3 is 2.58 bits per heavy atom. The van der Waals surface area contributed by atoms with Crippen LogP contribution in [-0.4, -0.2) is 46.3 Å². The Balaban J connectivity index is 2.22. The van der Waals surface area contributed by atoms with Gasteiger partial charge in [-0.2, -0.15) is 0 Å². The summed E-state index contributed by atoms with van der Waals surface area (Å²) in [6, 6.07) is 0. The summed E-state index contributed by atoms with van der Waals surface area (Å²) >= 11 is 0. The zero-order valence-electron chi connectivity index (χ0n) is 7.29. The maximum atomic E-state index is 10.4. The van der Waals surface area contributed by atoms with E-state index < -0.39 is 11.6 Å². The van der Waals surface area contributed by atoms with E-state index in [1.165, 1.54) is 0 Å². The fourth-order valence-corrected chi connectivity index (χ4v) is 1.37. The van der Waals surface area contributed by atoms with E-state index in [4.69, 9.17) is 5.11 Å². The lowest BCUT2D eigenvalue weighted by Gasteiger charge is -2.43. The molecule has 1 aliphatic rings. The second-order valence-electron chi connectivity index (χ2n) is 3.40. The molecule has 0 unspecified atom stereocenters. The van der Waals surface area contributed by atoms with Gasteiger partial charge in [0.1, 0.15) is 0 Å². The molecule has 0 aromatic rings. The summed E-state index contributed by atoms with van der Waals surface area (Å²) in [4.78, 5) is 12.4. The van der Waals surface area contributed by atoms with Crippen LogP contribution in [0, 0.1) is 0 Å². The molecule has 0 saturated carbocycles. The molecule has 0 radical (unpaired) electrons. The number of carbonyl (C=O) groups is 1. The minimum Gasteiger partial charge on any atom is -0.479 e. The predicted molar refractivity (Wildman–Crippen MR) is 43.9 cm³/mol. The van der Waals surface area contributed by atoms with Crippen molar-refractivity contribution in [3.8, 4) is 0 Å². The SMILES string of the molecule is CCCCN1CC(O)(C(=O)O)C1. The molecule has 0 atom stereocenters. The van der Waals surface area contributed by atoms with Gasteiger partial charge in [-0.15, -0.1) is 0 Å². The molecule has 1 rings (SSSR count). The van der Waals surface area contributed by atoms with Crippen LogP contribution >= 0.6 is 0 Å². The number of hydrogen-bond acceptors (Lipinski definition) is 3. The molecule has 1 aliphatic heterocycles. The minimum absolute atomic E-state index is 0.280. The molecule has 1 heterocycles. The lowest BCUT2D eigenvalue weighted by atomic mass is 9.94. The first-order valence-corrected chi connectivity index (χ1v) is 4.26. The Hall–Kier alpha value is -0.610. The van der Waals surface area contributed by atoms with Gasteiger partial charge in [-0.1, -0.05) is 13.3 Å². The normalized spacial score (nSPS) is 21.8. The average Bonchev–Trinajstić information content (AvgIpc) is 1.95. The molecule has 70 valence electrons. The van der Waals surface area contributed by atoms with Crippen molar-refractivity contribution in [3.63, 3.8) is 0 Å². The molecular weight excluding hydrogens is 158 g/mol. The number of aliphatic hydroxyl groups is 1. The van der Waals surface area contributed by atoms with Crippen LogP contribution in [0.1, 0.15) is 19.8 Å². The summed E-state index contributed by atoms with van der Waals surface area (Å²) in [6.45, 7) is 3.54. The van der Waals surface area contributed by atoms with Gasteiger partial charge >= 0.3 is 5.97 Å². The zero-order chi connectivity index (χ0) is 9.19. The van der Waals surface area contributed by atoms with Crippen molar-refractivity contribution in [2.24, 2.45) is 0 Å². The van der Waals surface area contributed by atoms with E-state index >= 15 is 0 Å². The number of hydrogen-bond donors (Lipinski definition) is 2. The molecule has 0 aromatic carbocycles. The van der Waals surface area contributed by atoms with E-state index in [1.54, 1.807) is 0 Å². The highest BCUT2D eigenvalue weighted by Crippen LogP contribution is 2.20. The smallest absolute Gasteiger partial charge is 0.338 e. The standard InChI is InChI=1S/C8H15NO3/c1-2-3-4-9-5-8(12,6-9)7(10)11/h12H,2-6H2,1H3,(H,10,11). The van der Waals surface area contributed by atoms with Crippen molar-refractivity contribution >= 4 is 5.97 Å². The van der Waals surface area contributed by atoms with E-state index in [0.717, 1.165) is 19.4 Å². The molecule has 0 aromatic heterocycles. The van der Waals surface area contributed by atoms with Gasteiger partial charge in [0.25, 0.3) is 0 Å². The van der Waals surface area contributed by atoms with Crippen molar-refractivity contribution in [2.75, 3.05) is 19.6 Å². The summed E-state index contributed by atoms with van der Waals surface area (Å²) < 4.78 is 0. The molecular formula is C8H15NO3. The molecule has 0 aliphatic carbocycles. The Morgan fingerprint density at radius 1 is 1.58 bits per heavy atom. The number of carboxylic acids is 1. The van der Waals surface area contributed by atoms with Crippen LogP contribution in [0.4, 0.5) is 0 Å². The highest BCUT2D eigenvalue weighted by Gasteiger charge is 2.47. The van der Waals surface area contributed by atoms with Gasteiger partial charge in [0, 0.05) is 13.1 Å². The first-order chi connectivity index (χ1) is 5.58. The van der Waals surface area contributed by atoms with E-state index in [1.807, 2.05) is 4.90 Å². The first-order valence-electron chi connectivity index (χ1n) is 4.26. The monoisotopic (exact) mass is 173 g/mol. The van der Waals surface area contributed by atoms with E-state index in [-0.39, 0.29) is 13.1 Å². The van der Waals surface area contributed by atoms with Crippen LogP contribution < -0.4 is 0 Å². The maximum absolute atomic E-state index is 10.4. The third-order valence-corrected chi connectivity index (χ3v) is 2.20. The number of unbranched alkanes of at least 4 members (excludes halogenated alkanes) is 1. The fraction of sp³-hybridized carbons (Fsp3) is 0.875. The number of β-amino-alcohol motifs (C(OH)–C–C–N with tert-alkyl or cyclic N) is 1. The number of nitrogens with zero attached hydrogens (tertiary/aromatic N) is 1. The summed E-state index contributed by atoms with van der Waals surface area (Å²) in [5.74, 6) is -1.10. The van der Waals surface area contributed by atoms with Crippen LogP contribution in [0.2, 0.25) is 0 Å². The van der Waals surface area contributed by atoms with Gasteiger partial charge in [0.2, 0.25) is 0 Å². The Kier molecular flexibility index (Phi) is 2.69. The molecule has 1 fully saturated rings. The third-order valence-electron chi connectivity index (χ3n) is 2.20. The third kappa shape index (κ3) is 1.76. The molecule has 12 heavy (non-hydrogen) atoms. The summed E-state index contributed by atoms with van der Waals surface area (Å²) in [5, 5.41) is 17.9. The van der Waals surface area contributed by atoms with Gasteiger partial charge in [-0.25, -0.2) is 4.79 Å². The quantitative estimate of drug-likeness (QED) is 0.624. The molecule has 2 N–H and O–H groups in total. The van der Waals surface area contributed by atoms with E-state index in [0.29, 0.717) is 0 Å². The zero-order valence-corrected chi connectivity index (χ0v) is 7.29. The van der Waals surface area contributed by atoms with Crippen LogP contribution in [0.25, 0.3) is 0 Å². The van der Waals surface area contributed by atoms with Crippen molar-refractivity contribution in [1.82, 2.24) is 4.90 Å². The molecule has 4 nitrogen and oxygen atoms in total. The Bertz CT molecular complexity index is 175. The number of likely N-dealkylation sites (tertiary alicyclic amines) is 1. The van der Waals surface area contributed by atoms with Gasteiger partial charge in [0.05, 0.1) is 0 Å². The second-order valence-corrected chi connectivity index (χ2v) is 3.40. The Labute approximate surface area is 71.8 Å². The van der Waals surface area contributed by atoms with Crippen LogP contribution in [0.15, 0.2) is 0 Å². The number of aliphatic carboxylic acids is 1. The van der Waals surface area contributed by atoms with Crippen LogP contribution in [0.5, 0.6) is 0 Å². The lowest BCUT2D eigenvalue weighted by Crippen LogP contribution is -2.66. The average molecular weight is 173 g/mol. The van der Waals surface area contributed by atoms with E-state index in [2.05, 4.69) is 6.92 Å². The van der Waals surface area contributed by atoms with Crippen LogP contribution in [0.3, 0.4) is 0 Å². The van der Waals surface area contributed by atoms with Crippen molar-refractivity contribution in [3.05, 3.63) is 0 Å². The van der Waals surface area contributed by atoms with Crippen molar-refractivity contribution in [2.45, 2.75) is 25.4 Å². The highest BCUT2D eigenvalue weighted by molar-refractivity contribution is 5.79. The maximum Gasteiger partial charge on any atom is 0.338 e. The molecule has 0 amide bonds. The fourth-order valence-electron chi connectivity index (χ4n) is 1.37. The summed E-state index contributed by atoms with van der Waals surface area (Å²) in [5.41, 5.74) is -1.46. The van der Waals surface area contributed by atoms with Gasteiger partial charge < -0.3 is 10.2 Å². The Morgan fingerprint density at radius 2 is 2.17 bits per heavy atom. The van der Waals surface area contributed by atoms with Gasteiger partial charge in [-0.05, 0) is 13.0 Å². The topological polar surface area (TPSA) is 60.8 Å². The highest BCUT2D eigenvalue weighted by atomic mass is 16.4. The first kappa shape index (κ1) is 9.48. The molecule has 0 bridgehead atoms.